The molecule has 0 saturated heterocycles. The molecule has 0 radical (unpaired) electrons. The minimum absolute atomic E-state index is 1.08. The van der Waals surface area contributed by atoms with Crippen LogP contribution < -0.4 is 5.32 Å². The van der Waals surface area contributed by atoms with Gasteiger partial charge >= 0.3 is 0 Å². The van der Waals surface area contributed by atoms with Crippen LogP contribution in [0.25, 0.3) is 0 Å². The molecule has 0 atom stereocenters. The van der Waals surface area contributed by atoms with Crippen LogP contribution >= 0.6 is 0 Å². The minimum atomic E-state index is 1.08. The van der Waals surface area contributed by atoms with Crippen LogP contribution in [0.4, 0.5) is 0 Å². The highest BCUT2D eigenvalue weighted by Gasteiger charge is 2.14. The van der Waals surface area contributed by atoms with Crippen molar-refractivity contribution in [1.29, 1.82) is 0 Å². The van der Waals surface area contributed by atoms with Crippen molar-refractivity contribution in [3.8, 4) is 0 Å². The van der Waals surface area contributed by atoms with E-state index in [9.17, 15) is 0 Å². The maximum Gasteiger partial charge on any atom is 0.0225 e. The zero-order valence-electron chi connectivity index (χ0n) is 9.97. The summed E-state index contributed by atoms with van der Waals surface area (Å²) in [6.45, 7) is 7.85. The Bertz CT molecular complexity index is 326. The Kier molecular flexibility index (Phi) is 3.47. The second-order valence-electron chi connectivity index (χ2n) is 4.48. The maximum absolute atomic E-state index is 3.41. The van der Waals surface area contributed by atoms with Gasteiger partial charge in [-0.05, 0) is 44.4 Å². The first-order chi connectivity index (χ1) is 7.33. The quantitative estimate of drug-likeness (QED) is 0.748. The van der Waals surface area contributed by atoms with Crippen LogP contribution in [-0.2, 0) is 19.4 Å². The molecule has 0 unspecified atom stereocenters. The summed E-state index contributed by atoms with van der Waals surface area (Å²) in [6.07, 6.45) is 5.19. The monoisotopic (exact) mass is 206 g/mol. The third kappa shape index (κ3) is 2.25. The molecule has 2 rings (SSSR count). The Morgan fingerprint density at radius 3 is 3.07 bits per heavy atom. The van der Waals surface area contributed by atoms with Gasteiger partial charge in [-0.2, -0.15) is 0 Å². The van der Waals surface area contributed by atoms with Crippen LogP contribution in [0.2, 0.25) is 0 Å². The molecule has 0 amide bonds. The number of nitrogens with one attached hydrogen (secondary N) is 1. The molecule has 0 fully saturated rings. The summed E-state index contributed by atoms with van der Waals surface area (Å²) in [5, 5.41) is 3.41. The van der Waals surface area contributed by atoms with E-state index in [1.165, 1.54) is 37.8 Å². The highest BCUT2D eigenvalue weighted by Crippen LogP contribution is 2.22. The van der Waals surface area contributed by atoms with Gasteiger partial charge in [-0.1, -0.05) is 6.92 Å². The first kappa shape index (κ1) is 10.7. The fourth-order valence-electron chi connectivity index (χ4n) is 2.57. The molecule has 15 heavy (non-hydrogen) atoms. The van der Waals surface area contributed by atoms with Gasteiger partial charge in [0.2, 0.25) is 0 Å². The molecule has 1 aliphatic rings. The second kappa shape index (κ2) is 4.84. The molecule has 1 aliphatic heterocycles. The number of hydrogen-bond acceptors (Lipinski definition) is 1. The molecule has 0 saturated carbocycles. The number of aromatic nitrogens is 1. The van der Waals surface area contributed by atoms with E-state index in [0.29, 0.717) is 0 Å². The molecule has 1 N–H and O–H groups in total. The maximum atomic E-state index is 3.41. The van der Waals surface area contributed by atoms with Crippen LogP contribution in [0, 0.1) is 6.92 Å². The Morgan fingerprint density at radius 2 is 2.27 bits per heavy atom. The predicted octanol–water partition coefficient (Wildman–Crippen LogP) is 2.28. The van der Waals surface area contributed by atoms with Crippen molar-refractivity contribution in [1.82, 2.24) is 9.88 Å². The molecule has 0 aliphatic carbocycles. The lowest BCUT2D eigenvalue weighted by molar-refractivity contribution is 0.513. The van der Waals surface area contributed by atoms with Crippen LogP contribution in [0.15, 0.2) is 6.07 Å². The summed E-state index contributed by atoms with van der Waals surface area (Å²) in [4.78, 5) is 0. The number of fused-ring (bicyclic) bond motifs is 1. The zero-order chi connectivity index (χ0) is 10.7. The van der Waals surface area contributed by atoms with Crippen LogP contribution in [0.1, 0.15) is 36.7 Å². The van der Waals surface area contributed by atoms with Crippen LogP contribution in [0.5, 0.6) is 0 Å². The molecule has 0 spiro atoms. The summed E-state index contributed by atoms with van der Waals surface area (Å²) in [7, 11) is 0. The van der Waals surface area contributed by atoms with Crippen molar-refractivity contribution in [2.75, 3.05) is 13.1 Å². The van der Waals surface area contributed by atoms with Gasteiger partial charge < -0.3 is 9.88 Å². The number of likely N-dealkylation sites (N-methyl/N-ethyl adjacent to an activating group) is 1. The van der Waals surface area contributed by atoms with Crippen molar-refractivity contribution in [2.45, 2.75) is 46.1 Å². The number of nitrogens with zero attached hydrogens (tertiary/aromatic N) is 1. The van der Waals surface area contributed by atoms with Crippen molar-refractivity contribution in [3.05, 3.63) is 23.0 Å². The molecule has 0 bridgehead atoms. The van der Waals surface area contributed by atoms with E-state index in [0.717, 1.165) is 13.1 Å². The van der Waals surface area contributed by atoms with E-state index in [4.69, 9.17) is 0 Å². The third-order valence-electron chi connectivity index (χ3n) is 3.36. The predicted molar refractivity (Wildman–Crippen MR) is 64.4 cm³/mol. The highest BCUT2D eigenvalue weighted by molar-refractivity contribution is 5.28. The number of rotatable bonds is 4. The minimum Gasteiger partial charge on any atom is -0.348 e. The van der Waals surface area contributed by atoms with Gasteiger partial charge in [-0.25, -0.2) is 0 Å². The Labute approximate surface area is 92.7 Å². The van der Waals surface area contributed by atoms with E-state index in [2.05, 4.69) is 29.8 Å². The van der Waals surface area contributed by atoms with Crippen LogP contribution in [-0.4, -0.2) is 17.7 Å². The summed E-state index contributed by atoms with van der Waals surface area (Å²) >= 11 is 0. The second-order valence-corrected chi connectivity index (χ2v) is 4.48. The summed E-state index contributed by atoms with van der Waals surface area (Å²) in [5.41, 5.74) is 4.61. The lowest BCUT2D eigenvalue weighted by Crippen LogP contribution is -2.19. The van der Waals surface area contributed by atoms with E-state index < -0.39 is 0 Å². The van der Waals surface area contributed by atoms with Gasteiger partial charge in [0.25, 0.3) is 0 Å². The average molecular weight is 206 g/mol. The first-order valence-corrected chi connectivity index (χ1v) is 6.21. The smallest absolute Gasteiger partial charge is 0.0225 e. The fraction of sp³-hybridized carbons (Fsp3) is 0.692. The van der Waals surface area contributed by atoms with Crippen molar-refractivity contribution in [2.24, 2.45) is 0 Å². The molecule has 84 valence electrons. The Morgan fingerprint density at radius 1 is 1.40 bits per heavy atom. The van der Waals surface area contributed by atoms with Gasteiger partial charge in [0.05, 0.1) is 0 Å². The largest absolute Gasteiger partial charge is 0.348 e. The Hall–Kier alpha value is -0.760. The molecule has 2 heterocycles. The summed E-state index contributed by atoms with van der Waals surface area (Å²) in [6, 6.07) is 2.39. The highest BCUT2D eigenvalue weighted by atomic mass is 15.0. The van der Waals surface area contributed by atoms with Crippen molar-refractivity contribution < 1.29 is 0 Å². The molecule has 1 aromatic rings. The zero-order valence-corrected chi connectivity index (χ0v) is 9.97. The molecular formula is C13H22N2. The molecule has 2 heteroatoms. The lowest BCUT2D eigenvalue weighted by atomic mass is 10.1. The third-order valence-corrected chi connectivity index (χ3v) is 3.36. The lowest BCUT2D eigenvalue weighted by Gasteiger charge is -2.18. The number of hydrogen-bond donors (Lipinski definition) is 1. The van der Waals surface area contributed by atoms with Gasteiger partial charge in [0.15, 0.2) is 0 Å². The first-order valence-electron chi connectivity index (χ1n) is 6.21. The van der Waals surface area contributed by atoms with Gasteiger partial charge in [0.1, 0.15) is 0 Å². The standard InChI is InChI=1S/C13H22N2/c1-3-14-8-7-13-11(2)10-12-6-4-5-9-15(12)13/h10,14H,3-9H2,1-2H3. The average Bonchev–Trinajstić information content (AvgIpc) is 2.56. The van der Waals surface area contributed by atoms with Crippen molar-refractivity contribution in [3.63, 3.8) is 0 Å². The fourth-order valence-corrected chi connectivity index (χ4v) is 2.57. The van der Waals surface area contributed by atoms with Crippen molar-refractivity contribution >= 4 is 0 Å². The number of aryl methyl sites for hydroxylation is 2. The van der Waals surface area contributed by atoms with E-state index in [1.54, 1.807) is 11.4 Å². The SMILES string of the molecule is CCNCCc1c(C)cc2n1CCCC2. The van der Waals surface area contributed by atoms with Gasteiger partial charge in [-0.3, -0.25) is 0 Å². The molecule has 2 nitrogen and oxygen atoms in total. The van der Waals surface area contributed by atoms with Gasteiger partial charge in [-0.15, -0.1) is 0 Å². The summed E-state index contributed by atoms with van der Waals surface area (Å²) < 4.78 is 2.55. The molecular weight excluding hydrogens is 184 g/mol. The summed E-state index contributed by atoms with van der Waals surface area (Å²) in [5.74, 6) is 0. The van der Waals surface area contributed by atoms with E-state index >= 15 is 0 Å². The molecule has 0 aromatic carbocycles. The molecule has 1 aromatic heterocycles. The van der Waals surface area contributed by atoms with E-state index in [-0.39, 0.29) is 0 Å². The normalized spacial score (nSPS) is 15.3. The Balaban J connectivity index is 2.11. The van der Waals surface area contributed by atoms with E-state index in [1.807, 2.05) is 0 Å². The van der Waals surface area contributed by atoms with Crippen LogP contribution in [0.3, 0.4) is 0 Å². The topological polar surface area (TPSA) is 17.0 Å². The van der Waals surface area contributed by atoms with Gasteiger partial charge in [0, 0.05) is 30.9 Å².